The molecule has 3 rings (SSSR count). The number of anilines is 1. The molecule has 1 fully saturated rings. The van der Waals surface area contributed by atoms with Gasteiger partial charge in [-0.2, -0.15) is 0 Å². The zero-order valence-corrected chi connectivity index (χ0v) is 16.6. The van der Waals surface area contributed by atoms with Gasteiger partial charge in [0.2, 0.25) is 5.91 Å². The van der Waals surface area contributed by atoms with E-state index in [1.165, 1.54) is 0 Å². The van der Waals surface area contributed by atoms with E-state index in [2.05, 4.69) is 5.32 Å². The first-order valence-electron chi connectivity index (χ1n) is 9.93. The SMILES string of the molecule is COc1ccc(C(=O)CCCC(=O)Nc2cccc(C(=O)N3CCCC3)c2)cc1. The fourth-order valence-corrected chi connectivity index (χ4v) is 3.39. The maximum absolute atomic E-state index is 12.5. The minimum absolute atomic E-state index is 0.00124. The molecule has 29 heavy (non-hydrogen) atoms. The van der Waals surface area contributed by atoms with Crippen LogP contribution in [0.4, 0.5) is 5.69 Å². The van der Waals surface area contributed by atoms with Crippen molar-refractivity contribution in [2.45, 2.75) is 32.1 Å². The summed E-state index contributed by atoms with van der Waals surface area (Å²) in [5, 5.41) is 2.82. The molecular formula is C23H26N2O4. The second kappa shape index (κ2) is 9.87. The third kappa shape index (κ3) is 5.67. The van der Waals surface area contributed by atoms with Gasteiger partial charge in [-0.3, -0.25) is 14.4 Å². The zero-order valence-electron chi connectivity index (χ0n) is 16.6. The molecule has 6 nitrogen and oxygen atoms in total. The van der Waals surface area contributed by atoms with E-state index in [-0.39, 0.29) is 24.0 Å². The second-order valence-electron chi connectivity index (χ2n) is 7.13. The lowest BCUT2D eigenvalue weighted by atomic mass is 10.1. The number of hydrogen-bond acceptors (Lipinski definition) is 4. The number of likely N-dealkylation sites (tertiary alicyclic amines) is 1. The van der Waals surface area contributed by atoms with Gasteiger partial charge in [-0.1, -0.05) is 6.07 Å². The molecule has 1 N–H and O–H groups in total. The molecule has 2 aromatic carbocycles. The van der Waals surface area contributed by atoms with Crippen molar-refractivity contribution in [3.05, 3.63) is 59.7 Å². The highest BCUT2D eigenvalue weighted by atomic mass is 16.5. The number of benzene rings is 2. The predicted octanol–water partition coefficient (Wildman–Crippen LogP) is 3.92. The Labute approximate surface area is 170 Å². The quantitative estimate of drug-likeness (QED) is 0.689. The molecule has 0 bridgehead atoms. The van der Waals surface area contributed by atoms with Crippen LogP contribution >= 0.6 is 0 Å². The van der Waals surface area contributed by atoms with E-state index < -0.39 is 0 Å². The summed E-state index contributed by atoms with van der Waals surface area (Å²) < 4.78 is 5.08. The van der Waals surface area contributed by atoms with E-state index in [0.29, 0.717) is 35.4 Å². The zero-order chi connectivity index (χ0) is 20.6. The third-order valence-corrected chi connectivity index (χ3v) is 5.01. The molecule has 0 aromatic heterocycles. The van der Waals surface area contributed by atoms with Crippen LogP contribution in [-0.2, 0) is 4.79 Å². The Balaban J connectivity index is 1.47. The smallest absolute Gasteiger partial charge is 0.253 e. The number of carbonyl (C=O) groups is 3. The minimum Gasteiger partial charge on any atom is -0.497 e. The van der Waals surface area contributed by atoms with Crippen LogP contribution in [0.3, 0.4) is 0 Å². The molecule has 0 radical (unpaired) electrons. The molecule has 0 aliphatic carbocycles. The van der Waals surface area contributed by atoms with E-state index in [1.54, 1.807) is 55.6 Å². The average Bonchev–Trinajstić information content (AvgIpc) is 3.28. The summed E-state index contributed by atoms with van der Waals surface area (Å²) in [6.07, 6.45) is 3.08. The maximum Gasteiger partial charge on any atom is 0.253 e. The van der Waals surface area contributed by atoms with Crippen molar-refractivity contribution in [1.82, 2.24) is 4.90 Å². The predicted molar refractivity (Wildman–Crippen MR) is 111 cm³/mol. The van der Waals surface area contributed by atoms with Crippen molar-refractivity contribution in [1.29, 1.82) is 0 Å². The normalized spacial score (nSPS) is 13.2. The summed E-state index contributed by atoms with van der Waals surface area (Å²) in [4.78, 5) is 38.7. The third-order valence-electron chi connectivity index (χ3n) is 5.01. The van der Waals surface area contributed by atoms with Gasteiger partial charge < -0.3 is 15.0 Å². The van der Waals surface area contributed by atoms with Gasteiger partial charge >= 0.3 is 0 Å². The van der Waals surface area contributed by atoms with Gasteiger partial charge in [-0.25, -0.2) is 0 Å². The highest BCUT2D eigenvalue weighted by Crippen LogP contribution is 2.17. The number of ether oxygens (including phenoxy) is 1. The lowest BCUT2D eigenvalue weighted by Crippen LogP contribution is -2.27. The van der Waals surface area contributed by atoms with Gasteiger partial charge in [0, 0.05) is 42.7 Å². The van der Waals surface area contributed by atoms with Crippen molar-refractivity contribution >= 4 is 23.3 Å². The van der Waals surface area contributed by atoms with Crippen molar-refractivity contribution in [2.75, 3.05) is 25.5 Å². The Morgan fingerprint density at radius 3 is 2.38 bits per heavy atom. The Hall–Kier alpha value is -3.15. The molecular weight excluding hydrogens is 368 g/mol. The van der Waals surface area contributed by atoms with E-state index in [4.69, 9.17) is 4.74 Å². The Morgan fingerprint density at radius 1 is 0.966 bits per heavy atom. The molecule has 0 unspecified atom stereocenters. The fourth-order valence-electron chi connectivity index (χ4n) is 3.39. The lowest BCUT2D eigenvalue weighted by molar-refractivity contribution is -0.116. The molecule has 1 aliphatic rings. The van der Waals surface area contributed by atoms with Crippen LogP contribution in [0, 0.1) is 0 Å². The van der Waals surface area contributed by atoms with Crippen LogP contribution in [0.2, 0.25) is 0 Å². The second-order valence-corrected chi connectivity index (χ2v) is 7.13. The number of nitrogens with zero attached hydrogens (tertiary/aromatic N) is 1. The molecule has 1 heterocycles. The van der Waals surface area contributed by atoms with Crippen LogP contribution in [0.25, 0.3) is 0 Å². The lowest BCUT2D eigenvalue weighted by Gasteiger charge is -2.15. The van der Waals surface area contributed by atoms with Crippen LogP contribution in [0.15, 0.2) is 48.5 Å². The van der Waals surface area contributed by atoms with Gasteiger partial charge in [0.1, 0.15) is 5.75 Å². The molecule has 1 saturated heterocycles. The molecule has 0 spiro atoms. The molecule has 1 aliphatic heterocycles. The maximum atomic E-state index is 12.5. The highest BCUT2D eigenvalue weighted by molar-refractivity contribution is 5.98. The Kier molecular flexibility index (Phi) is 7.00. The first-order chi connectivity index (χ1) is 14.1. The van der Waals surface area contributed by atoms with Gasteiger partial charge in [0.25, 0.3) is 5.91 Å². The summed E-state index contributed by atoms with van der Waals surface area (Å²) in [6.45, 7) is 1.58. The van der Waals surface area contributed by atoms with Crippen molar-refractivity contribution < 1.29 is 19.1 Å². The molecule has 0 saturated carbocycles. The fraction of sp³-hybridized carbons (Fsp3) is 0.348. The van der Waals surface area contributed by atoms with Gasteiger partial charge in [-0.05, 0) is 61.7 Å². The standard InChI is InChI=1S/C23H26N2O4/c1-29-20-12-10-17(11-13-20)21(26)8-5-9-22(27)24-19-7-4-6-18(16-19)23(28)25-14-2-3-15-25/h4,6-7,10-13,16H,2-3,5,8-9,14-15H2,1H3,(H,24,27). The van der Waals surface area contributed by atoms with Crippen molar-refractivity contribution in [2.24, 2.45) is 0 Å². The van der Waals surface area contributed by atoms with Crippen molar-refractivity contribution in [3.8, 4) is 5.75 Å². The summed E-state index contributed by atoms with van der Waals surface area (Å²) in [7, 11) is 1.58. The Morgan fingerprint density at radius 2 is 1.69 bits per heavy atom. The van der Waals surface area contributed by atoms with Crippen LogP contribution in [0.5, 0.6) is 5.75 Å². The Bertz CT molecular complexity index is 871. The first kappa shape index (κ1) is 20.6. The van der Waals surface area contributed by atoms with Crippen LogP contribution in [0.1, 0.15) is 52.8 Å². The van der Waals surface area contributed by atoms with Crippen LogP contribution < -0.4 is 10.1 Å². The largest absolute Gasteiger partial charge is 0.497 e. The number of carbonyl (C=O) groups excluding carboxylic acids is 3. The van der Waals surface area contributed by atoms with E-state index in [1.807, 2.05) is 4.90 Å². The first-order valence-corrected chi connectivity index (χ1v) is 9.93. The van der Waals surface area contributed by atoms with Gasteiger partial charge in [0.05, 0.1) is 7.11 Å². The van der Waals surface area contributed by atoms with Crippen molar-refractivity contribution in [3.63, 3.8) is 0 Å². The number of nitrogens with one attached hydrogen (secondary N) is 1. The molecule has 0 atom stereocenters. The highest BCUT2D eigenvalue weighted by Gasteiger charge is 2.19. The summed E-state index contributed by atoms with van der Waals surface area (Å²) in [5.74, 6) is 0.534. The average molecular weight is 394 g/mol. The topological polar surface area (TPSA) is 75.7 Å². The number of hydrogen-bond donors (Lipinski definition) is 1. The number of rotatable bonds is 8. The molecule has 152 valence electrons. The number of Topliss-reactive ketones (excluding diaryl/α,β-unsaturated/α-hetero) is 1. The van der Waals surface area contributed by atoms with E-state index >= 15 is 0 Å². The molecule has 2 aromatic rings. The molecule has 2 amide bonds. The molecule has 6 heteroatoms. The summed E-state index contributed by atoms with van der Waals surface area (Å²) >= 11 is 0. The number of amides is 2. The van der Waals surface area contributed by atoms with Crippen LogP contribution in [-0.4, -0.2) is 42.7 Å². The van der Waals surface area contributed by atoms with Gasteiger partial charge in [-0.15, -0.1) is 0 Å². The summed E-state index contributed by atoms with van der Waals surface area (Å²) in [6, 6.07) is 14.0. The monoisotopic (exact) mass is 394 g/mol. The minimum atomic E-state index is -0.168. The van der Waals surface area contributed by atoms with Gasteiger partial charge in [0.15, 0.2) is 5.78 Å². The van der Waals surface area contributed by atoms with E-state index in [0.717, 1.165) is 25.9 Å². The number of methoxy groups -OCH3 is 1. The number of ketones is 1. The van der Waals surface area contributed by atoms with E-state index in [9.17, 15) is 14.4 Å². The summed E-state index contributed by atoms with van der Waals surface area (Å²) in [5.41, 5.74) is 1.79.